The lowest BCUT2D eigenvalue weighted by atomic mass is 10.0. The summed E-state index contributed by atoms with van der Waals surface area (Å²) in [5.74, 6) is 5.14. The molecule has 0 aliphatic rings. The van der Waals surface area contributed by atoms with Crippen LogP contribution in [0.25, 0.3) is 0 Å². The maximum Gasteiger partial charge on any atom is 0.146 e. The summed E-state index contributed by atoms with van der Waals surface area (Å²) in [6.45, 7) is 0. The Hall–Kier alpha value is -0.820. The van der Waals surface area contributed by atoms with E-state index in [1.165, 1.54) is 6.20 Å². The minimum atomic E-state index is -0.342. The van der Waals surface area contributed by atoms with Gasteiger partial charge in [-0.3, -0.25) is 16.3 Å². The summed E-state index contributed by atoms with van der Waals surface area (Å²) in [7, 11) is 0. The average molecular weight is 316 g/mol. The molecular weight excluding hydrogens is 305 g/mol. The van der Waals surface area contributed by atoms with Crippen molar-refractivity contribution in [2.24, 2.45) is 5.84 Å². The van der Waals surface area contributed by atoms with Crippen molar-refractivity contribution in [2.45, 2.75) is 12.5 Å². The van der Waals surface area contributed by atoms with Crippen LogP contribution in [0.5, 0.6) is 0 Å². The molecule has 2 heterocycles. The molecule has 2 rings (SSSR count). The number of hydrogen-bond donors (Lipinski definition) is 2. The maximum atomic E-state index is 13.6. The molecule has 1 atom stereocenters. The van der Waals surface area contributed by atoms with Crippen LogP contribution in [0, 0.1) is 5.82 Å². The van der Waals surface area contributed by atoms with Gasteiger partial charge in [0.1, 0.15) is 5.82 Å². The Kier molecular flexibility index (Phi) is 4.22. The Morgan fingerprint density at radius 1 is 1.47 bits per heavy atom. The van der Waals surface area contributed by atoms with Crippen LogP contribution in [0.3, 0.4) is 0 Å². The second-order valence-corrected chi connectivity index (χ2v) is 6.07. The van der Waals surface area contributed by atoms with Crippen molar-refractivity contribution in [2.75, 3.05) is 0 Å². The predicted molar refractivity (Wildman–Crippen MR) is 70.0 cm³/mol. The summed E-state index contributed by atoms with van der Waals surface area (Å²) in [6, 6.07) is 5.36. The predicted octanol–water partition coefficient (Wildman–Crippen LogP) is 2.79. The van der Waals surface area contributed by atoms with Gasteiger partial charge >= 0.3 is 0 Å². The van der Waals surface area contributed by atoms with Gasteiger partial charge in [-0.05, 0) is 34.1 Å². The fourth-order valence-electron chi connectivity index (χ4n) is 1.59. The van der Waals surface area contributed by atoms with Gasteiger partial charge in [-0.1, -0.05) is 0 Å². The Balaban J connectivity index is 2.20. The molecule has 0 radical (unpaired) electrons. The standard InChI is InChI=1S/C11H11BrFN3S/c12-11-2-1-7(17-11)5-10(16-14)8-3-4-15-6-9(8)13/h1-4,6,10,16H,5,14H2. The van der Waals surface area contributed by atoms with Crippen molar-refractivity contribution in [3.8, 4) is 0 Å². The van der Waals surface area contributed by atoms with E-state index >= 15 is 0 Å². The van der Waals surface area contributed by atoms with E-state index in [2.05, 4.69) is 26.3 Å². The molecule has 1 unspecified atom stereocenters. The van der Waals surface area contributed by atoms with Gasteiger partial charge in [-0.25, -0.2) is 4.39 Å². The first-order chi connectivity index (χ1) is 8.20. The van der Waals surface area contributed by atoms with Gasteiger partial charge in [0.15, 0.2) is 0 Å². The van der Waals surface area contributed by atoms with E-state index in [0.29, 0.717) is 12.0 Å². The minimum Gasteiger partial charge on any atom is -0.271 e. The maximum absolute atomic E-state index is 13.6. The van der Waals surface area contributed by atoms with E-state index in [0.717, 1.165) is 8.66 Å². The summed E-state index contributed by atoms with van der Waals surface area (Å²) in [5.41, 5.74) is 3.17. The van der Waals surface area contributed by atoms with E-state index in [1.807, 2.05) is 12.1 Å². The summed E-state index contributed by atoms with van der Waals surface area (Å²) >= 11 is 5.01. The van der Waals surface area contributed by atoms with Gasteiger partial charge in [0, 0.05) is 23.1 Å². The van der Waals surface area contributed by atoms with Crippen molar-refractivity contribution in [3.63, 3.8) is 0 Å². The molecule has 2 aromatic rings. The normalized spacial score (nSPS) is 12.6. The number of hydrazine groups is 1. The molecule has 3 nitrogen and oxygen atoms in total. The van der Waals surface area contributed by atoms with Crippen LogP contribution in [0.1, 0.15) is 16.5 Å². The summed E-state index contributed by atoms with van der Waals surface area (Å²) in [5, 5.41) is 0. The Bertz CT molecular complexity index is 503. The highest BCUT2D eigenvalue weighted by atomic mass is 79.9. The van der Waals surface area contributed by atoms with Crippen LogP contribution in [0.4, 0.5) is 4.39 Å². The molecule has 0 saturated heterocycles. The van der Waals surface area contributed by atoms with Crippen molar-refractivity contribution < 1.29 is 4.39 Å². The number of rotatable bonds is 4. The first kappa shape index (κ1) is 12.6. The van der Waals surface area contributed by atoms with Gasteiger partial charge in [-0.2, -0.15) is 0 Å². The van der Waals surface area contributed by atoms with Crippen LogP contribution >= 0.6 is 27.3 Å². The Morgan fingerprint density at radius 2 is 2.29 bits per heavy atom. The third kappa shape index (κ3) is 3.10. The first-order valence-corrected chi connectivity index (χ1v) is 6.61. The number of nitrogens with two attached hydrogens (primary N) is 1. The number of aromatic nitrogens is 1. The van der Waals surface area contributed by atoms with E-state index < -0.39 is 0 Å². The summed E-state index contributed by atoms with van der Waals surface area (Å²) in [4.78, 5) is 4.86. The van der Waals surface area contributed by atoms with Crippen molar-refractivity contribution in [1.29, 1.82) is 0 Å². The van der Waals surface area contributed by atoms with Crippen LogP contribution in [0.2, 0.25) is 0 Å². The molecule has 0 bridgehead atoms. The lowest BCUT2D eigenvalue weighted by Gasteiger charge is -2.15. The topological polar surface area (TPSA) is 50.9 Å². The smallest absolute Gasteiger partial charge is 0.146 e. The monoisotopic (exact) mass is 315 g/mol. The molecular formula is C11H11BrFN3S. The van der Waals surface area contributed by atoms with E-state index in [9.17, 15) is 4.39 Å². The SMILES string of the molecule is NNC(Cc1ccc(Br)s1)c1ccncc1F. The van der Waals surface area contributed by atoms with Crippen molar-refractivity contribution >= 4 is 27.3 Å². The van der Waals surface area contributed by atoms with Gasteiger partial charge < -0.3 is 0 Å². The second kappa shape index (κ2) is 5.68. The molecule has 0 amide bonds. The summed E-state index contributed by atoms with van der Waals surface area (Å²) < 4.78 is 14.6. The molecule has 6 heteroatoms. The zero-order valence-corrected chi connectivity index (χ0v) is 11.3. The van der Waals surface area contributed by atoms with E-state index in [1.54, 1.807) is 23.6 Å². The molecule has 0 aromatic carbocycles. The molecule has 0 aliphatic carbocycles. The van der Waals surface area contributed by atoms with Gasteiger partial charge in [-0.15, -0.1) is 11.3 Å². The molecule has 0 spiro atoms. The number of nitrogens with one attached hydrogen (secondary N) is 1. The minimum absolute atomic E-state index is 0.247. The lowest BCUT2D eigenvalue weighted by Crippen LogP contribution is -2.30. The molecule has 0 aliphatic heterocycles. The highest BCUT2D eigenvalue weighted by Gasteiger charge is 2.15. The van der Waals surface area contributed by atoms with Crippen LogP contribution in [0.15, 0.2) is 34.4 Å². The lowest BCUT2D eigenvalue weighted by molar-refractivity contribution is 0.510. The second-order valence-electron chi connectivity index (χ2n) is 3.53. The van der Waals surface area contributed by atoms with Crippen LogP contribution in [-0.2, 0) is 6.42 Å². The number of thiophene rings is 1. The van der Waals surface area contributed by atoms with Crippen molar-refractivity contribution in [1.82, 2.24) is 10.4 Å². The molecule has 2 aromatic heterocycles. The fourth-order valence-corrected chi connectivity index (χ4v) is 3.12. The summed E-state index contributed by atoms with van der Waals surface area (Å²) in [6.07, 6.45) is 3.41. The third-order valence-corrected chi connectivity index (χ3v) is 4.06. The first-order valence-electron chi connectivity index (χ1n) is 5.00. The quantitative estimate of drug-likeness (QED) is 0.674. The number of halogens is 2. The van der Waals surface area contributed by atoms with Gasteiger partial charge in [0.05, 0.1) is 16.0 Å². The molecule has 0 fully saturated rings. The van der Waals surface area contributed by atoms with Crippen LogP contribution < -0.4 is 11.3 Å². The van der Waals surface area contributed by atoms with Crippen LogP contribution in [-0.4, -0.2) is 4.98 Å². The third-order valence-electron chi connectivity index (χ3n) is 2.41. The number of pyridine rings is 1. The van der Waals surface area contributed by atoms with Gasteiger partial charge in [0.2, 0.25) is 0 Å². The van der Waals surface area contributed by atoms with Gasteiger partial charge in [0.25, 0.3) is 0 Å². The largest absolute Gasteiger partial charge is 0.271 e. The average Bonchev–Trinajstić information content (AvgIpc) is 2.73. The zero-order valence-electron chi connectivity index (χ0n) is 8.86. The Morgan fingerprint density at radius 3 is 2.88 bits per heavy atom. The highest BCUT2D eigenvalue weighted by molar-refractivity contribution is 9.11. The van der Waals surface area contributed by atoms with E-state index in [-0.39, 0.29) is 11.9 Å². The molecule has 90 valence electrons. The van der Waals surface area contributed by atoms with Crippen molar-refractivity contribution in [3.05, 3.63) is 50.6 Å². The van der Waals surface area contributed by atoms with E-state index in [4.69, 9.17) is 5.84 Å². The Labute approximate surface area is 111 Å². The zero-order chi connectivity index (χ0) is 12.3. The molecule has 3 N–H and O–H groups in total. The molecule has 17 heavy (non-hydrogen) atoms. The fraction of sp³-hybridized carbons (Fsp3) is 0.182. The highest BCUT2D eigenvalue weighted by Crippen LogP contribution is 2.27. The number of nitrogens with zero attached hydrogens (tertiary/aromatic N) is 1. The molecule has 0 saturated carbocycles. The number of hydrogen-bond acceptors (Lipinski definition) is 4.